The first-order valence-corrected chi connectivity index (χ1v) is 7.86. The third-order valence-electron chi connectivity index (χ3n) is 3.69. The average molecular weight is 266 g/mol. The van der Waals surface area contributed by atoms with E-state index in [2.05, 4.69) is 29.8 Å². The Morgan fingerprint density at radius 2 is 2.00 bits per heavy atom. The molecule has 0 amide bonds. The minimum Gasteiger partial charge on any atom is -0.396 e. The van der Waals surface area contributed by atoms with Crippen molar-refractivity contribution in [1.29, 1.82) is 0 Å². The van der Waals surface area contributed by atoms with E-state index in [1.165, 1.54) is 44.1 Å². The van der Waals surface area contributed by atoms with Crippen molar-refractivity contribution in [1.82, 2.24) is 9.78 Å². The molecule has 0 unspecified atom stereocenters. The van der Waals surface area contributed by atoms with Crippen LogP contribution in [-0.4, -0.2) is 21.5 Å². The summed E-state index contributed by atoms with van der Waals surface area (Å²) in [6, 6.07) is 0. The smallest absolute Gasteiger partial charge is 0.0518 e. The maximum Gasteiger partial charge on any atom is 0.0518 e. The molecule has 110 valence electrons. The lowest BCUT2D eigenvalue weighted by Crippen LogP contribution is -2.14. The molecule has 0 spiro atoms. The van der Waals surface area contributed by atoms with Gasteiger partial charge in [-0.05, 0) is 37.7 Å². The highest BCUT2D eigenvalue weighted by Gasteiger charge is 2.13. The van der Waals surface area contributed by atoms with Crippen LogP contribution in [0.2, 0.25) is 0 Å². The van der Waals surface area contributed by atoms with Crippen molar-refractivity contribution in [3.8, 4) is 0 Å². The molecule has 0 aromatic carbocycles. The molecule has 1 N–H and O–H groups in total. The number of aliphatic hydroxyl groups excluding tert-OH is 1. The number of nitrogens with zero attached hydrogens (tertiary/aromatic N) is 2. The van der Waals surface area contributed by atoms with Crippen molar-refractivity contribution in [3.05, 3.63) is 18.0 Å². The molecule has 1 aromatic heterocycles. The molecule has 1 saturated carbocycles. The van der Waals surface area contributed by atoms with E-state index in [0.717, 1.165) is 25.3 Å². The van der Waals surface area contributed by atoms with Crippen molar-refractivity contribution in [2.45, 2.75) is 71.8 Å². The first-order chi connectivity index (χ1) is 9.26. The quantitative estimate of drug-likeness (QED) is 0.820. The summed E-state index contributed by atoms with van der Waals surface area (Å²) >= 11 is 0. The first kappa shape index (κ1) is 16.2. The van der Waals surface area contributed by atoms with Gasteiger partial charge in [0.25, 0.3) is 0 Å². The van der Waals surface area contributed by atoms with E-state index in [1.807, 2.05) is 6.20 Å². The van der Waals surface area contributed by atoms with Gasteiger partial charge in [-0.1, -0.05) is 39.0 Å². The highest BCUT2D eigenvalue weighted by molar-refractivity contribution is 4.99. The fourth-order valence-corrected chi connectivity index (χ4v) is 2.56. The van der Waals surface area contributed by atoms with Gasteiger partial charge in [0.15, 0.2) is 0 Å². The Morgan fingerprint density at radius 1 is 1.26 bits per heavy atom. The van der Waals surface area contributed by atoms with Crippen LogP contribution in [0.1, 0.15) is 63.9 Å². The molecular weight excluding hydrogens is 236 g/mol. The van der Waals surface area contributed by atoms with Crippen molar-refractivity contribution in [3.63, 3.8) is 0 Å². The zero-order chi connectivity index (χ0) is 13.9. The monoisotopic (exact) mass is 266 g/mol. The van der Waals surface area contributed by atoms with Crippen LogP contribution in [0.25, 0.3) is 0 Å². The maximum atomic E-state index is 8.20. The predicted octanol–water partition coefficient (Wildman–Crippen LogP) is 3.94. The standard InChI is InChI=1S/C11H18N2.C5H12O/c1-10-7-12-13(8-10)9-11-5-3-2-4-6-11;1-2-3-4-5-6/h7-8,11H,2-6,9H2,1H3;6H,2-5H2,1H3. The van der Waals surface area contributed by atoms with Gasteiger partial charge in [0.1, 0.15) is 0 Å². The van der Waals surface area contributed by atoms with E-state index in [0.29, 0.717) is 6.61 Å². The summed E-state index contributed by atoms with van der Waals surface area (Å²) in [6.45, 7) is 5.71. The van der Waals surface area contributed by atoms with Crippen molar-refractivity contribution in [2.75, 3.05) is 6.61 Å². The van der Waals surface area contributed by atoms with Crippen LogP contribution in [0.3, 0.4) is 0 Å². The van der Waals surface area contributed by atoms with Crippen LogP contribution in [0.4, 0.5) is 0 Å². The fraction of sp³-hybridized carbons (Fsp3) is 0.812. The second-order valence-corrected chi connectivity index (χ2v) is 5.67. The van der Waals surface area contributed by atoms with Gasteiger partial charge >= 0.3 is 0 Å². The fourth-order valence-electron chi connectivity index (χ4n) is 2.56. The van der Waals surface area contributed by atoms with Gasteiger partial charge in [0.2, 0.25) is 0 Å². The lowest BCUT2D eigenvalue weighted by molar-refractivity contribution is 0.284. The van der Waals surface area contributed by atoms with Crippen LogP contribution in [0.5, 0.6) is 0 Å². The molecule has 1 heterocycles. The first-order valence-electron chi connectivity index (χ1n) is 7.86. The molecule has 3 heteroatoms. The molecule has 0 aliphatic heterocycles. The van der Waals surface area contributed by atoms with E-state index in [-0.39, 0.29) is 0 Å². The number of aliphatic hydroxyl groups is 1. The van der Waals surface area contributed by atoms with Crippen LogP contribution in [0.15, 0.2) is 12.4 Å². The molecule has 0 atom stereocenters. The SMILES string of the molecule is CCCCCO.Cc1cnn(CC2CCCCC2)c1. The Bertz CT molecular complexity index is 312. The van der Waals surface area contributed by atoms with Crippen LogP contribution in [-0.2, 0) is 6.54 Å². The number of aryl methyl sites for hydroxylation is 1. The number of unbranched alkanes of at least 4 members (excludes halogenated alkanes) is 2. The number of rotatable bonds is 5. The molecule has 3 nitrogen and oxygen atoms in total. The van der Waals surface area contributed by atoms with Gasteiger partial charge in [0, 0.05) is 19.3 Å². The van der Waals surface area contributed by atoms with Gasteiger partial charge in [-0.3, -0.25) is 4.68 Å². The minimum absolute atomic E-state index is 0.355. The van der Waals surface area contributed by atoms with Gasteiger partial charge in [-0.15, -0.1) is 0 Å². The van der Waals surface area contributed by atoms with E-state index < -0.39 is 0 Å². The molecule has 1 aliphatic rings. The van der Waals surface area contributed by atoms with Crippen molar-refractivity contribution in [2.24, 2.45) is 5.92 Å². The topological polar surface area (TPSA) is 38.1 Å². The summed E-state index contributed by atoms with van der Waals surface area (Å²) in [5.74, 6) is 0.882. The zero-order valence-corrected chi connectivity index (χ0v) is 12.6. The van der Waals surface area contributed by atoms with E-state index in [4.69, 9.17) is 5.11 Å². The number of hydrogen-bond donors (Lipinski definition) is 1. The third kappa shape index (κ3) is 7.36. The summed E-state index contributed by atoms with van der Waals surface area (Å²) in [6.07, 6.45) is 14.5. The summed E-state index contributed by atoms with van der Waals surface area (Å²) in [4.78, 5) is 0. The van der Waals surface area contributed by atoms with E-state index >= 15 is 0 Å². The molecule has 0 bridgehead atoms. The lowest BCUT2D eigenvalue weighted by atomic mass is 9.89. The highest BCUT2D eigenvalue weighted by atomic mass is 16.2. The average Bonchev–Trinajstić information content (AvgIpc) is 2.84. The largest absolute Gasteiger partial charge is 0.396 e. The lowest BCUT2D eigenvalue weighted by Gasteiger charge is -2.21. The Labute approximate surface area is 118 Å². The summed E-state index contributed by atoms with van der Waals surface area (Å²) < 4.78 is 2.10. The molecule has 1 aliphatic carbocycles. The Hall–Kier alpha value is -0.830. The summed E-state index contributed by atoms with van der Waals surface area (Å²) in [5.41, 5.74) is 1.27. The Kier molecular flexibility index (Phi) is 8.55. The van der Waals surface area contributed by atoms with Crippen LogP contribution < -0.4 is 0 Å². The molecular formula is C16H30N2O. The second-order valence-electron chi connectivity index (χ2n) is 5.67. The third-order valence-corrected chi connectivity index (χ3v) is 3.69. The van der Waals surface area contributed by atoms with Gasteiger partial charge < -0.3 is 5.11 Å². The summed E-state index contributed by atoms with van der Waals surface area (Å²) in [7, 11) is 0. The second kappa shape index (κ2) is 10.0. The van der Waals surface area contributed by atoms with E-state index in [1.54, 1.807) is 0 Å². The number of aromatic nitrogens is 2. The normalized spacial score (nSPS) is 15.9. The zero-order valence-electron chi connectivity index (χ0n) is 12.6. The number of hydrogen-bond acceptors (Lipinski definition) is 2. The van der Waals surface area contributed by atoms with Crippen LogP contribution in [0, 0.1) is 12.8 Å². The molecule has 2 rings (SSSR count). The highest BCUT2D eigenvalue weighted by Crippen LogP contribution is 2.24. The molecule has 0 saturated heterocycles. The maximum absolute atomic E-state index is 8.20. The molecule has 1 fully saturated rings. The molecule has 0 radical (unpaired) electrons. The van der Waals surface area contributed by atoms with Gasteiger partial charge in [0.05, 0.1) is 6.20 Å². The van der Waals surface area contributed by atoms with Crippen molar-refractivity contribution < 1.29 is 5.11 Å². The van der Waals surface area contributed by atoms with Crippen molar-refractivity contribution >= 4 is 0 Å². The van der Waals surface area contributed by atoms with Crippen LogP contribution >= 0.6 is 0 Å². The van der Waals surface area contributed by atoms with Gasteiger partial charge in [-0.25, -0.2) is 0 Å². The Balaban J connectivity index is 0.000000258. The molecule has 19 heavy (non-hydrogen) atoms. The van der Waals surface area contributed by atoms with E-state index in [9.17, 15) is 0 Å². The molecule has 1 aromatic rings. The van der Waals surface area contributed by atoms with Gasteiger partial charge in [-0.2, -0.15) is 5.10 Å². The minimum atomic E-state index is 0.355. The Morgan fingerprint density at radius 3 is 2.47 bits per heavy atom. The predicted molar refractivity (Wildman–Crippen MR) is 80.1 cm³/mol. The summed E-state index contributed by atoms with van der Waals surface area (Å²) in [5, 5.41) is 12.5.